The standard InChI is InChI=1S/C19H17F2N7OS/c20-17(21)13(7-22)6-16-25-27-19(29)28(16)8-15-5-14(9-30-15)11-2-1-3-12(4-11)18-23-10-24-26-18/h1-5,9-10H,6-8,22H2,(H,27,29)(H,23,24,26). The van der Waals surface area contributed by atoms with Gasteiger partial charge in [-0.15, -0.1) is 11.3 Å². The Morgan fingerprint density at radius 3 is 2.73 bits per heavy atom. The van der Waals surface area contributed by atoms with Crippen molar-refractivity contribution in [1.82, 2.24) is 29.9 Å². The minimum absolute atomic E-state index is 0.185. The van der Waals surface area contributed by atoms with Crippen LogP contribution in [0.2, 0.25) is 0 Å². The third-order valence-corrected chi connectivity index (χ3v) is 5.50. The molecule has 0 fully saturated rings. The highest BCUT2D eigenvalue weighted by Crippen LogP contribution is 2.29. The molecule has 3 aromatic heterocycles. The van der Waals surface area contributed by atoms with Crippen molar-refractivity contribution in [2.75, 3.05) is 6.54 Å². The second-order valence-corrected chi connectivity index (χ2v) is 7.49. The van der Waals surface area contributed by atoms with Gasteiger partial charge in [-0.2, -0.15) is 19.0 Å². The van der Waals surface area contributed by atoms with Crippen molar-refractivity contribution in [2.24, 2.45) is 5.73 Å². The Labute approximate surface area is 173 Å². The Hall–Kier alpha value is -3.44. The van der Waals surface area contributed by atoms with Crippen molar-refractivity contribution in [2.45, 2.75) is 13.0 Å². The molecule has 30 heavy (non-hydrogen) atoms. The zero-order chi connectivity index (χ0) is 21.1. The van der Waals surface area contributed by atoms with Gasteiger partial charge in [0.1, 0.15) is 12.2 Å². The molecule has 0 amide bonds. The molecule has 4 aromatic rings. The van der Waals surface area contributed by atoms with Gasteiger partial charge in [-0.25, -0.2) is 14.9 Å². The van der Waals surface area contributed by atoms with E-state index in [1.165, 1.54) is 22.2 Å². The maximum atomic E-state index is 12.9. The van der Waals surface area contributed by atoms with E-state index in [0.717, 1.165) is 21.6 Å². The normalized spacial score (nSPS) is 11.0. The van der Waals surface area contributed by atoms with E-state index < -0.39 is 11.8 Å². The van der Waals surface area contributed by atoms with Gasteiger partial charge in [0.25, 0.3) is 6.08 Å². The lowest BCUT2D eigenvalue weighted by Gasteiger charge is -2.06. The van der Waals surface area contributed by atoms with E-state index in [-0.39, 0.29) is 30.9 Å². The van der Waals surface area contributed by atoms with Gasteiger partial charge in [-0.1, -0.05) is 18.2 Å². The Kier molecular flexibility index (Phi) is 5.63. The van der Waals surface area contributed by atoms with Crippen LogP contribution in [0.3, 0.4) is 0 Å². The van der Waals surface area contributed by atoms with Crippen molar-refractivity contribution < 1.29 is 8.78 Å². The smallest absolute Gasteiger partial charge is 0.327 e. The molecule has 0 saturated heterocycles. The van der Waals surface area contributed by atoms with Crippen LogP contribution >= 0.6 is 11.3 Å². The number of nitrogens with zero attached hydrogens (tertiary/aromatic N) is 4. The Morgan fingerprint density at radius 2 is 2.00 bits per heavy atom. The summed E-state index contributed by atoms with van der Waals surface area (Å²) in [6.45, 7) is -0.0725. The number of benzene rings is 1. The van der Waals surface area contributed by atoms with Gasteiger partial charge in [-0.05, 0) is 28.6 Å². The molecule has 4 N–H and O–H groups in total. The van der Waals surface area contributed by atoms with E-state index in [1.807, 2.05) is 35.7 Å². The molecule has 0 spiro atoms. The predicted octanol–water partition coefficient (Wildman–Crippen LogP) is 2.79. The summed E-state index contributed by atoms with van der Waals surface area (Å²) < 4.78 is 27.2. The number of H-pyrrole nitrogens is 2. The monoisotopic (exact) mass is 429 g/mol. The molecule has 0 saturated carbocycles. The van der Waals surface area contributed by atoms with E-state index in [0.29, 0.717) is 5.82 Å². The van der Waals surface area contributed by atoms with Gasteiger partial charge in [0, 0.05) is 29.0 Å². The topological polar surface area (TPSA) is 118 Å². The number of halogens is 2. The lowest BCUT2D eigenvalue weighted by Crippen LogP contribution is -2.20. The number of rotatable bonds is 7. The second-order valence-electron chi connectivity index (χ2n) is 6.49. The maximum absolute atomic E-state index is 12.9. The molecule has 0 unspecified atom stereocenters. The van der Waals surface area contributed by atoms with E-state index in [4.69, 9.17) is 5.73 Å². The van der Waals surface area contributed by atoms with Crippen LogP contribution in [0.5, 0.6) is 0 Å². The molecule has 3 heterocycles. The number of hydrogen-bond donors (Lipinski definition) is 3. The Bertz CT molecular complexity index is 1240. The van der Waals surface area contributed by atoms with Crippen molar-refractivity contribution >= 4 is 11.3 Å². The molecule has 11 heteroatoms. The number of aromatic amines is 2. The molecule has 4 rings (SSSR count). The molecule has 8 nitrogen and oxygen atoms in total. The van der Waals surface area contributed by atoms with Crippen LogP contribution in [-0.2, 0) is 13.0 Å². The quantitative estimate of drug-likeness (QED) is 0.417. The van der Waals surface area contributed by atoms with Crippen LogP contribution in [0.15, 0.2) is 58.5 Å². The fourth-order valence-electron chi connectivity index (χ4n) is 3.02. The summed E-state index contributed by atoms with van der Waals surface area (Å²) >= 11 is 1.47. The fourth-order valence-corrected chi connectivity index (χ4v) is 3.90. The maximum Gasteiger partial charge on any atom is 0.343 e. The zero-order valence-electron chi connectivity index (χ0n) is 15.6. The number of nitrogens with one attached hydrogen (secondary N) is 2. The lowest BCUT2D eigenvalue weighted by molar-refractivity contribution is 0.407. The zero-order valence-corrected chi connectivity index (χ0v) is 16.4. The minimum atomic E-state index is -1.84. The summed E-state index contributed by atoms with van der Waals surface area (Å²) in [5, 5.41) is 14.9. The highest BCUT2D eigenvalue weighted by Gasteiger charge is 2.15. The van der Waals surface area contributed by atoms with Crippen LogP contribution < -0.4 is 11.4 Å². The van der Waals surface area contributed by atoms with Crippen molar-refractivity contribution in [1.29, 1.82) is 0 Å². The van der Waals surface area contributed by atoms with E-state index in [2.05, 4.69) is 25.4 Å². The molecule has 0 atom stereocenters. The third kappa shape index (κ3) is 4.11. The molecule has 154 valence electrons. The SMILES string of the molecule is NCC(Cc1n[nH]c(=O)n1Cc1cc(-c2cccc(-c3ncn[nH]3)c2)cs1)=C(F)F. The van der Waals surface area contributed by atoms with Gasteiger partial charge in [0.2, 0.25) is 0 Å². The number of nitrogens with two attached hydrogens (primary N) is 1. The van der Waals surface area contributed by atoms with E-state index >= 15 is 0 Å². The Balaban J connectivity index is 1.58. The van der Waals surface area contributed by atoms with E-state index in [1.54, 1.807) is 0 Å². The number of thiophene rings is 1. The first kappa shape index (κ1) is 19.9. The summed E-state index contributed by atoms with van der Waals surface area (Å²) in [7, 11) is 0. The first-order valence-electron chi connectivity index (χ1n) is 8.96. The van der Waals surface area contributed by atoms with Gasteiger partial charge in [0.15, 0.2) is 5.82 Å². The molecular formula is C19H17F2N7OS. The van der Waals surface area contributed by atoms with Crippen LogP contribution in [0, 0.1) is 0 Å². The third-order valence-electron chi connectivity index (χ3n) is 4.57. The van der Waals surface area contributed by atoms with Gasteiger partial charge in [-0.3, -0.25) is 9.67 Å². The van der Waals surface area contributed by atoms with Gasteiger partial charge < -0.3 is 5.73 Å². The first-order valence-corrected chi connectivity index (χ1v) is 9.84. The summed E-state index contributed by atoms with van der Waals surface area (Å²) in [4.78, 5) is 17.2. The van der Waals surface area contributed by atoms with E-state index in [9.17, 15) is 13.6 Å². The van der Waals surface area contributed by atoms with Gasteiger partial charge in [0.05, 0.1) is 6.54 Å². The highest BCUT2D eigenvalue weighted by atomic mass is 32.1. The molecule has 0 radical (unpaired) electrons. The average molecular weight is 429 g/mol. The highest BCUT2D eigenvalue weighted by molar-refractivity contribution is 7.10. The van der Waals surface area contributed by atoms with Crippen molar-refractivity contribution in [3.8, 4) is 22.5 Å². The molecule has 1 aromatic carbocycles. The number of hydrogen-bond acceptors (Lipinski definition) is 6. The molecule has 0 bridgehead atoms. The predicted molar refractivity (Wildman–Crippen MR) is 109 cm³/mol. The largest absolute Gasteiger partial charge is 0.343 e. The summed E-state index contributed by atoms with van der Waals surface area (Å²) in [5.41, 5.74) is 7.54. The molecular weight excluding hydrogens is 412 g/mol. The van der Waals surface area contributed by atoms with Crippen molar-refractivity contribution in [3.05, 3.63) is 74.9 Å². The lowest BCUT2D eigenvalue weighted by atomic mass is 10.1. The molecule has 0 aliphatic carbocycles. The van der Waals surface area contributed by atoms with Crippen LogP contribution in [0.25, 0.3) is 22.5 Å². The summed E-state index contributed by atoms with van der Waals surface area (Å²) in [6, 6.07) is 9.78. The number of aromatic nitrogens is 6. The fraction of sp³-hybridized carbons (Fsp3) is 0.158. The molecule has 0 aliphatic rings. The second kappa shape index (κ2) is 8.51. The van der Waals surface area contributed by atoms with Crippen LogP contribution in [0.4, 0.5) is 8.78 Å². The van der Waals surface area contributed by atoms with Crippen LogP contribution in [-0.4, -0.2) is 36.5 Å². The average Bonchev–Trinajstić information content (AvgIpc) is 3.50. The van der Waals surface area contributed by atoms with Gasteiger partial charge >= 0.3 is 5.69 Å². The van der Waals surface area contributed by atoms with Crippen LogP contribution in [0.1, 0.15) is 10.7 Å². The summed E-state index contributed by atoms with van der Waals surface area (Å²) in [6.07, 6.45) is -0.579. The summed E-state index contributed by atoms with van der Waals surface area (Å²) in [5.74, 6) is 0.890. The first-order chi connectivity index (χ1) is 14.5. The Morgan fingerprint density at radius 1 is 1.17 bits per heavy atom. The molecule has 0 aliphatic heterocycles. The minimum Gasteiger partial charge on any atom is -0.327 e. The van der Waals surface area contributed by atoms with Crippen molar-refractivity contribution in [3.63, 3.8) is 0 Å².